The lowest BCUT2D eigenvalue weighted by atomic mass is 10.1. The van der Waals surface area contributed by atoms with Crippen molar-refractivity contribution in [1.29, 1.82) is 0 Å². The summed E-state index contributed by atoms with van der Waals surface area (Å²) in [7, 11) is 0. The summed E-state index contributed by atoms with van der Waals surface area (Å²) < 4.78 is 73.9. The summed E-state index contributed by atoms with van der Waals surface area (Å²) in [6.07, 6.45) is -8.56. The normalized spacial score (nSPS) is 12.3. The SMILES string of the molecule is Cc1cc(C(F)(F)F)c(C(F)F)c(F)n1. The molecule has 1 heterocycles. The van der Waals surface area contributed by atoms with E-state index in [9.17, 15) is 26.3 Å². The molecule has 0 saturated carbocycles. The summed E-state index contributed by atoms with van der Waals surface area (Å²) in [4.78, 5) is 2.92. The van der Waals surface area contributed by atoms with Crippen LogP contribution >= 0.6 is 0 Å². The molecule has 0 amide bonds. The number of nitrogens with zero attached hydrogens (tertiary/aromatic N) is 1. The van der Waals surface area contributed by atoms with E-state index in [-0.39, 0.29) is 5.69 Å². The molecular formula is C8H5F6N. The highest BCUT2D eigenvalue weighted by atomic mass is 19.4. The topological polar surface area (TPSA) is 12.9 Å². The first-order valence-corrected chi connectivity index (χ1v) is 3.76. The van der Waals surface area contributed by atoms with Gasteiger partial charge in [0.25, 0.3) is 6.43 Å². The summed E-state index contributed by atoms with van der Waals surface area (Å²) in [5.41, 5.74) is -3.68. The quantitative estimate of drug-likeness (QED) is 0.530. The fraction of sp³-hybridized carbons (Fsp3) is 0.375. The van der Waals surface area contributed by atoms with Crippen molar-refractivity contribution in [2.75, 3.05) is 0 Å². The van der Waals surface area contributed by atoms with Crippen LogP contribution in [-0.2, 0) is 6.18 Å². The Labute approximate surface area is 80.7 Å². The van der Waals surface area contributed by atoms with Crippen LogP contribution < -0.4 is 0 Å². The highest BCUT2D eigenvalue weighted by Gasteiger charge is 2.38. The lowest BCUT2D eigenvalue weighted by Gasteiger charge is -2.13. The number of rotatable bonds is 1. The summed E-state index contributed by atoms with van der Waals surface area (Å²) in [6, 6.07) is 0.393. The Morgan fingerprint density at radius 1 is 1.27 bits per heavy atom. The summed E-state index contributed by atoms with van der Waals surface area (Å²) in [6.45, 7) is 1.09. The molecule has 0 aliphatic rings. The van der Waals surface area contributed by atoms with Crippen LogP contribution in [-0.4, -0.2) is 4.98 Å². The maximum atomic E-state index is 12.8. The van der Waals surface area contributed by atoms with Crippen molar-refractivity contribution in [2.24, 2.45) is 0 Å². The van der Waals surface area contributed by atoms with Gasteiger partial charge in [0, 0.05) is 5.69 Å². The first-order chi connectivity index (χ1) is 6.73. The summed E-state index contributed by atoms with van der Waals surface area (Å²) >= 11 is 0. The van der Waals surface area contributed by atoms with Gasteiger partial charge in [0.15, 0.2) is 0 Å². The van der Waals surface area contributed by atoms with Crippen molar-refractivity contribution in [3.8, 4) is 0 Å². The third-order valence-corrected chi connectivity index (χ3v) is 1.66. The van der Waals surface area contributed by atoms with Gasteiger partial charge in [0.05, 0.1) is 11.1 Å². The fourth-order valence-corrected chi connectivity index (χ4v) is 1.09. The van der Waals surface area contributed by atoms with Crippen molar-refractivity contribution in [2.45, 2.75) is 19.5 Å². The zero-order chi connectivity index (χ0) is 11.8. The fourth-order valence-electron chi connectivity index (χ4n) is 1.09. The van der Waals surface area contributed by atoms with Gasteiger partial charge in [0.2, 0.25) is 5.95 Å². The van der Waals surface area contributed by atoms with Crippen LogP contribution in [0.25, 0.3) is 0 Å². The van der Waals surface area contributed by atoms with Gasteiger partial charge in [0.1, 0.15) is 0 Å². The Balaban J connectivity index is 3.47. The molecule has 1 nitrogen and oxygen atoms in total. The molecule has 0 N–H and O–H groups in total. The number of hydrogen-bond acceptors (Lipinski definition) is 1. The van der Waals surface area contributed by atoms with Crippen LogP contribution in [0, 0.1) is 12.9 Å². The van der Waals surface area contributed by atoms with E-state index in [4.69, 9.17) is 0 Å². The van der Waals surface area contributed by atoms with E-state index in [0.717, 1.165) is 6.92 Å². The molecule has 0 aliphatic carbocycles. The van der Waals surface area contributed by atoms with Crippen molar-refractivity contribution < 1.29 is 26.3 Å². The van der Waals surface area contributed by atoms with E-state index in [0.29, 0.717) is 6.07 Å². The van der Waals surface area contributed by atoms with E-state index in [1.165, 1.54) is 0 Å². The predicted molar refractivity (Wildman–Crippen MR) is 38.9 cm³/mol. The lowest BCUT2D eigenvalue weighted by molar-refractivity contribution is -0.140. The Hall–Kier alpha value is -1.27. The number of alkyl halides is 5. The molecule has 0 radical (unpaired) electrons. The Morgan fingerprint density at radius 2 is 1.80 bits per heavy atom. The molecule has 1 aromatic heterocycles. The van der Waals surface area contributed by atoms with E-state index >= 15 is 0 Å². The second-order valence-electron chi connectivity index (χ2n) is 2.81. The van der Waals surface area contributed by atoms with Crippen molar-refractivity contribution in [3.63, 3.8) is 0 Å². The molecule has 0 unspecified atom stereocenters. The standard InChI is InChI=1S/C8H5F6N/c1-3-2-4(8(12,13)14)5(6(9)10)7(11)15-3/h2,6H,1H3. The van der Waals surface area contributed by atoms with Gasteiger partial charge >= 0.3 is 6.18 Å². The highest BCUT2D eigenvalue weighted by molar-refractivity contribution is 5.31. The number of aromatic nitrogens is 1. The number of pyridine rings is 1. The van der Waals surface area contributed by atoms with Crippen LogP contribution in [0.3, 0.4) is 0 Å². The second kappa shape index (κ2) is 3.71. The Bertz CT molecular complexity index is 370. The van der Waals surface area contributed by atoms with Gasteiger partial charge in [-0.15, -0.1) is 0 Å². The van der Waals surface area contributed by atoms with Crippen LogP contribution in [0.1, 0.15) is 23.2 Å². The monoisotopic (exact) mass is 229 g/mol. The van der Waals surface area contributed by atoms with Crippen molar-refractivity contribution in [3.05, 3.63) is 28.8 Å². The van der Waals surface area contributed by atoms with Gasteiger partial charge in [-0.2, -0.15) is 17.6 Å². The largest absolute Gasteiger partial charge is 0.417 e. The molecule has 0 aromatic carbocycles. The number of halogens is 6. The van der Waals surface area contributed by atoms with Crippen LogP contribution in [0.4, 0.5) is 26.3 Å². The van der Waals surface area contributed by atoms with Gasteiger partial charge in [-0.05, 0) is 13.0 Å². The van der Waals surface area contributed by atoms with Crippen LogP contribution in [0.2, 0.25) is 0 Å². The Morgan fingerprint density at radius 3 is 2.20 bits per heavy atom. The third kappa shape index (κ3) is 2.40. The van der Waals surface area contributed by atoms with E-state index < -0.39 is 29.7 Å². The third-order valence-electron chi connectivity index (χ3n) is 1.66. The van der Waals surface area contributed by atoms with E-state index in [2.05, 4.69) is 4.98 Å². The molecule has 0 spiro atoms. The smallest absolute Gasteiger partial charge is 0.225 e. The van der Waals surface area contributed by atoms with Crippen molar-refractivity contribution in [1.82, 2.24) is 4.98 Å². The Kier molecular flexibility index (Phi) is 2.92. The molecular weight excluding hydrogens is 224 g/mol. The first-order valence-electron chi connectivity index (χ1n) is 3.76. The highest BCUT2D eigenvalue weighted by Crippen LogP contribution is 2.37. The van der Waals surface area contributed by atoms with Crippen LogP contribution in [0.5, 0.6) is 0 Å². The maximum absolute atomic E-state index is 12.8. The molecule has 0 saturated heterocycles. The van der Waals surface area contributed by atoms with Crippen LogP contribution in [0.15, 0.2) is 6.07 Å². The zero-order valence-electron chi connectivity index (χ0n) is 7.37. The molecule has 0 fully saturated rings. The minimum Gasteiger partial charge on any atom is -0.225 e. The zero-order valence-corrected chi connectivity index (χ0v) is 7.37. The van der Waals surface area contributed by atoms with Gasteiger partial charge in [-0.25, -0.2) is 13.8 Å². The molecule has 1 aromatic rings. The number of aryl methyl sites for hydroxylation is 1. The minimum atomic E-state index is -5.01. The lowest BCUT2D eigenvalue weighted by Crippen LogP contribution is -2.13. The number of hydrogen-bond donors (Lipinski definition) is 0. The summed E-state index contributed by atoms with van der Waals surface area (Å²) in [5.74, 6) is -1.78. The maximum Gasteiger partial charge on any atom is 0.417 e. The minimum absolute atomic E-state index is 0.302. The second-order valence-corrected chi connectivity index (χ2v) is 2.81. The average Bonchev–Trinajstić information content (AvgIpc) is 1.99. The first kappa shape index (κ1) is 11.8. The molecule has 0 atom stereocenters. The molecule has 0 bridgehead atoms. The van der Waals surface area contributed by atoms with Crippen molar-refractivity contribution >= 4 is 0 Å². The van der Waals surface area contributed by atoms with Gasteiger partial charge < -0.3 is 0 Å². The molecule has 7 heteroatoms. The molecule has 84 valence electrons. The average molecular weight is 229 g/mol. The predicted octanol–water partition coefficient (Wildman–Crippen LogP) is 3.49. The van der Waals surface area contributed by atoms with Gasteiger partial charge in [-0.3, -0.25) is 0 Å². The van der Waals surface area contributed by atoms with E-state index in [1.54, 1.807) is 0 Å². The molecule has 0 aliphatic heterocycles. The molecule has 1 rings (SSSR count). The van der Waals surface area contributed by atoms with E-state index in [1.807, 2.05) is 0 Å². The molecule has 15 heavy (non-hydrogen) atoms. The van der Waals surface area contributed by atoms with Gasteiger partial charge in [-0.1, -0.05) is 0 Å². The summed E-state index contributed by atoms with van der Waals surface area (Å²) in [5, 5.41) is 0.